The van der Waals surface area contributed by atoms with Crippen LogP contribution in [0.25, 0.3) is 0 Å². The molecule has 5 nitrogen and oxygen atoms in total. The van der Waals surface area contributed by atoms with Gasteiger partial charge in [0.1, 0.15) is 0 Å². The Morgan fingerprint density at radius 2 is 1.88 bits per heavy atom. The van der Waals surface area contributed by atoms with Gasteiger partial charge in [0.05, 0.1) is 5.71 Å². The lowest BCUT2D eigenvalue weighted by molar-refractivity contribution is -0.117. The number of benzene rings is 2. The Kier molecular flexibility index (Phi) is 5.23. The molecule has 128 valence electrons. The van der Waals surface area contributed by atoms with Crippen LogP contribution in [0.1, 0.15) is 42.1 Å². The van der Waals surface area contributed by atoms with Crippen LogP contribution in [-0.4, -0.2) is 24.1 Å². The summed E-state index contributed by atoms with van der Waals surface area (Å²) in [6.07, 6.45) is 2.14. The Morgan fingerprint density at radius 3 is 2.56 bits per heavy atom. The second-order valence-corrected chi connectivity index (χ2v) is 5.92. The van der Waals surface area contributed by atoms with Gasteiger partial charge in [0, 0.05) is 24.2 Å². The minimum atomic E-state index is -0.282. The highest BCUT2D eigenvalue weighted by atomic mass is 16.2. The lowest BCUT2D eigenvalue weighted by atomic mass is 10.1. The SMILES string of the molecule is CCC(=NNC(=O)c1cccc(N2CCCC2=O)c1)c1ccccc1. The first-order valence-electron chi connectivity index (χ1n) is 8.52. The third-order valence-electron chi connectivity index (χ3n) is 4.23. The van der Waals surface area contributed by atoms with E-state index in [1.165, 1.54) is 0 Å². The molecule has 0 bridgehead atoms. The van der Waals surface area contributed by atoms with Crippen molar-refractivity contribution in [3.63, 3.8) is 0 Å². The minimum Gasteiger partial charge on any atom is -0.312 e. The van der Waals surface area contributed by atoms with Crippen LogP contribution in [0, 0.1) is 0 Å². The summed E-state index contributed by atoms with van der Waals surface area (Å²) in [5.74, 6) is -0.177. The first-order chi connectivity index (χ1) is 12.2. The van der Waals surface area contributed by atoms with Gasteiger partial charge in [0.25, 0.3) is 5.91 Å². The number of hydrogen-bond donors (Lipinski definition) is 1. The van der Waals surface area contributed by atoms with Gasteiger partial charge in [-0.15, -0.1) is 0 Å². The van der Waals surface area contributed by atoms with Crippen LogP contribution in [0.15, 0.2) is 59.7 Å². The van der Waals surface area contributed by atoms with E-state index in [4.69, 9.17) is 0 Å². The fourth-order valence-corrected chi connectivity index (χ4v) is 2.90. The molecule has 1 heterocycles. The molecule has 0 aliphatic carbocycles. The summed E-state index contributed by atoms with van der Waals surface area (Å²) < 4.78 is 0. The molecule has 0 unspecified atom stereocenters. The quantitative estimate of drug-likeness (QED) is 0.673. The number of rotatable bonds is 5. The van der Waals surface area contributed by atoms with Crippen molar-refractivity contribution in [2.75, 3.05) is 11.4 Å². The van der Waals surface area contributed by atoms with E-state index in [9.17, 15) is 9.59 Å². The van der Waals surface area contributed by atoms with Gasteiger partial charge in [-0.2, -0.15) is 5.10 Å². The number of amides is 2. The second-order valence-electron chi connectivity index (χ2n) is 5.92. The Bertz CT molecular complexity index is 800. The smallest absolute Gasteiger partial charge is 0.271 e. The van der Waals surface area contributed by atoms with Crippen molar-refractivity contribution in [2.45, 2.75) is 26.2 Å². The molecule has 0 aromatic heterocycles. The fraction of sp³-hybridized carbons (Fsp3) is 0.250. The zero-order chi connectivity index (χ0) is 17.6. The lowest BCUT2D eigenvalue weighted by Gasteiger charge is -2.16. The summed E-state index contributed by atoms with van der Waals surface area (Å²) in [5, 5.41) is 4.27. The third kappa shape index (κ3) is 3.94. The molecule has 2 amide bonds. The molecule has 3 rings (SSSR count). The number of nitrogens with one attached hydrogen (secondary N) is 1. The zero-order valence-corrected chi connectivity index (χ0v) is 14.2. The van der Waals surface area contributed by atoms with Crippen molar-refractivity contribution in [3.8, 4) is 0 Å². The molecular weight excluding hydrogens is 314 g/mol. The monoisotopic (exact) mass is 335 g/mol. The zero-order valence-electron chi connectivity index (χ0n) is 14.2. The molecular formula is C20H21N3O2. The van der Waals surface area contributed by atoms with E-state index in [-0.39, 0.29) is 11.8 Å². The molecule has 0 spiro atoms. The maximum absolute atomic E-state index is 12.4. The molecule has 0 atom stereocenters. The first-order valence-corrected chi connectivity index (χ1v) is 8.52. The summed E-state index contributed by atoms with van der Waals surface area (Å²) >= 11 is 0. The van der Waals surface area contributed by atoms with E-state index in [0.29, 0.717) is 24.9 Å². The number of hydrogen-bond acceptors (Lipinski definition) is 3. The van der Waals surface area contributed by atoms with Crippen LogP contribution in [-0.2, 0) is 4.79 Å². The van der Waals surface area contributed by atoms with Crippen LogP contribution in [0.2, 0.25) is 0 Å². The molecule has 0 saturated carbocycles. The normalized spacial score (nSPS) is 14.7. The molecule has 2 aromatic carbocycles. The van der Waals surface area contributed by atoms with Gasteiger partial charge >= 0.3 is 0 Å². The largest absolute Gasteiger partial charge is 0.312 e. The van der Waals surface area contributed by atoms with Gasteiger partial charge < -0.3 is 4.90 Å². The van der Waals surface area contributed by atoms with Crippen LogP contribution in [0.5, 0.6) is 0 Å². The van der Waals surface area contributed by atoms with E-state index in [2.05, 4.69) is 10.5 Å². The molecule has 1 aliphatic rings. The predicted molar refractivity (Wildman–Crippen MR) is 98.8 cm³/mol. The number of carbonyl (C=O) groups is 2. The Morgan fingerprint density at radius 1 is 1.12 bits per heavy atom. The molecule has 1 fully saturated rings. The summed E-state index contributed by atoms with van der Waals surface area (Å²) in [7, 11) is 0. The number of carbonyl (C=O) groups excluding carboxylic acids is 2. The number of hydrazone groups is 1. The molecule has 1 N–H and O–H groups in total. The molecule has 2 aromatic rings. The summed E-state index contributed by atoms with van der Waals surface area (Å²) in [5.41, 5.74) is 5.68. The molecule has 1 aliphatic heterocycles. The van der Waals surface area contributed by atoms with Crippen molar-refractivity contribution in [3.05, 3.63) is 65.7 Å². The predicted octanol–water partition coefficient (Wildman–Crippen LogP) is 3.36. The summed E-state index contributed by atoms with van der Waals surface area (Å²) in [4.78, 5) is 26.0. The number of anilines is 1. The Labute approximate surface area is 147 Å². The Balaban J connectivity index is 1.75. The highest BCUT2D eigenvalue weighted by Gasteiger charge is 2.22. The highest BCUT2D eigenvalue weighted by Crippen LogP contribution is 2.22. The standard InChI is InChI=1S/C20H21N3O2/c1-2-18(15-8-4-3-5-9-15)21-22-20(25)16-10-6-11-17(14-16)23-13-7-12-19(23)24/h3-6,8-11,14H,2,7,12-13H2,1H3,(H,22,25). The van der Waals surface area contributed by atoms with Crippen molar-refractivity contribution < 1.29 is 9.59 Å². The maximum Gasteiger partial charge on any atom is 0.271 e. The van der Waals surface area contributed by atoms with E-state index in [1.807, 2.05) is 43.3 Å². The maximum atomic E-state index is 12.4. The topological polar surface area (TPSA) is 61.8 Å². The van der Waals surface area contributed by atoms with Crippen molar-refractivity contribution in [1.29, 1.82) is 0 Å². The lowest BCUT2D eigenvalue weighted by Crippen LogP contribution is -2.25. The number of nitrogens with zero attached hydrogens (tertiary/aromatic N) is 2. The first kappa shape index (κ1) is 16.9. The third-order valence-corrected chi connectivity index (χ3v) is 4.23. The average Bonchev–Trinajstić information content (AvgIpc) is 3.09. The molecule has 0 radical (unpaired) electrons. The van der Waals surface area contributed by atoms with E-state index >= 15 is 0 Å². The molecule has 1 saturated heterocycles. The van der Waals surface area contributed by atoms with Crippen LogP contribution in [0.4, 0.5) is 5.69 Å². The van der Waals surface area contributed by atoms with Crippen LogP contribution in [0.3, 0.4) is 0 Å². The van der Waals surface area contributed by atoms with Gasteiger partial charge in [-0.3, -0.25) is 9.59 Å². The Hall–Kier alpha value is -2.95. The van der Waals surface area contributed by atoms with Crippen LogP contribution < -0.4 is 10.3 Å². The average molecular weight is 335 g/mol. The van der Waals surface area contributed by atoms with E-state index in [1.54, 1.807) is 23.1 Å². The van der Waals surface area contributed by atoms with Crippen LogP contribution >= 0.6 is 0 Å². The van der Waals surface area contributed by atoms with Crippen molar-refractivity contribution in [2.24, 2.45) is 5.10 Å². The minimum absolute atomic E-state index is 0.105. The van der Waals surface area contributed by atoms with Gasteiger partial charge in [0.15, 0.2) is 0 Å². The van der Waals surface area contributed by atoms with E-state index < -0.39 is 0 Å². The molecule has 25 heavy (non-hydrogen) atoms. The van der Waals surface area contributed by atoms with E-state index in [0.717, 1.165) is 23.4 Å². The van der Waals surface area contributed by atoms with Gasteiger partial charge in [-0.1, -0.05) is 43.3 Å². The second kappa shape index (κ2) is 7.75. The molecule has 5 heteroatoms. The van der Waals surface area contributed by atoms with Gasteiger partial charge in [-0.05, 0) is 36.6 Å². The van der Waals surface area contributed by atoms with Crippen molar-refractivity contribution in [1.82, 2.24) is 5.43 Å². The fourth-order valence-electron chi connectivity index (χ4n) is 2.90. The highest BCUT2D eigenvalue weighted by molar-refractivity contribution is 6.02. The van der Waals surface area contributed by atoms with Gasteiger partial charge in [0.2, 0.25) is 5.91 Å². The summed E-state index contributed by atoms with van der Waals surface area (Å²) in [6, 6.07) is 16.9. The van der Waals surface area contributed by atoms with Crippen molar-refractivity contribution >= 4 is 23.2 Å². The van der Waals surface area contributed by atoms with Gasteiger partial charge in [-0.25, -0.2) is 5.43 Å². The summed E-state index contributed by atoms with van der Waals surface area (Å²) in [6.45, 7) is 2.70.